The van der Waals surface area contributed by atoms with Crippen molar-refractivity contribution in [2.45, 2.75) is 58.4 Å². The average molecular weight is 397 g/mol. The molecule has 0 atom stereocenters. The molecule has 1 aliphatic carbocycles. The summed E-state index contributed by atoms with van der Waals surface area (Å²) in [7, 11) is 0. The molecule has 1 N–H and O–H groups in total. The van der Waals surface area contributed by atoms with Crippen LogP contribution in [0, 0.1) is 0 Å². The van der Waals surface area contributed by atoms with Crippen molar-refractivity contribution >= 4 is 22.6 Å². The quantitative estimate of drug-likeness (QED) is 0.607. The Kier molecular flexibility index (Phi) is 7.50. The van der Waals surface area contributed by atoms with Crippen molar-refractivity contribution in [3.8, 4) is 5.75 Å². The van der Waals surface area contributed by atoms with Crippen LogP contribution in [0.2, 0.25) is 0 Å². The van der Waals surface area contributed by atoms with Crippen LogP contribution in [0.15, 0.2) is 36.4 Å². The summed E-state index contributed by atoms with van der Waals surface area (Å²) in [6, 6.07) is 12.0. The summed E-state index contributed by atoms with van der Waals surface area (Å²) < 4.78 is 5.86. The number of benzene rings is 2. The number of nitrogens with zero attached hydrogens (tertiary/aromatic N) is 1. The fourth-order valence-corrected chi connectivity index (χ4v) is 3.33. The number of nitrogens with one attached hydrogen (secondary N) is 1. The van der Waals surface area contributed by atoms with Crippen molar-refractivity contribution in [2.75, 3.05) is 19.7 Å². The second-order valence-electron chi connectivity index (χ2n) is 7.83. The van der Waals surface area contributed by atoms with Crippen LogP contribution in [0.3, 0.4) is 0 Å². The summed E-state index contributed by atoms with van der Waals surface area (Å²) in [6.07, 6.45) is 6.10. The van der Waals surface area contributed by atoms with Crippen LogP contribution < -0.4 is 10.1 Å². The van der Waals surface area contributed by atoms with Crippen molar-refractivity contribution in [1.82, 2.24) is 10.2 Å². The van der Waals surface area contributed by atoms with Gasteiger partial charge in [0.05, 0.1) is 5.56 Å². The summed E-state index contributed by atoms with van der Waals surface area (Å²) in [5.41, 5.74) is 0.537. The SMILES string of the molecule is CCCCN(CCCC)C(=O)c1cc2ccccc2cc1OCC(=O)NC1CC1. The Hall–Kier alpha value is -2.56. The monoisotopic (exact) mass is 396 g/mol. The minimum atomic E-state index is -0.132. The molecule has 0 bridgehead atoms. The molecule has 1 saturated carbocycles. The maximum absolute atomic E-state index is 13.4. The number of amides is 2. The lowest BCUT2D eigenvalue weighted by molar-refractivity contribution is -0.123. The molecule has 2 aromatic rings. The number of hydrogen-bond donors (Lipinski definition) is 1. The van der Waals surface area contributed by atoms with E-state index in [-0.39, 0.29) is 18.4 Å². The molecular formula is C24H32N2O3. The molecule has 29 heavy (non-hydrogen) atoms. The first-order valence-electron chi connectivity index (χ1n) is 10.9. The average Bonchev–Trinajstić information content (AvgIpc) is 3.55. The lowest BCUT2D eigenvalue weighted by atomic mass is 10.0. The van der Waals surface area contributed by atoms with Crippen molar-refractivity contribution < 1.29 is 14.3 Å². The van der Waals surface area contributed by atoms with E-state index < -0.39 is 0 Å². The fourth-order valence-electron chi connectivity index (χ4n) is 3.33. The van der Waals surface area contributed by atoms with Crippen LogP contribution in [0.1, 0.15) is 62.7 Å². The Morgan fingerprint density at radius 3 is 2.24 bits per heavy atom. The first-order chi connectivity index (χ1) is 14.1. The van der Waals surface area contributed by atoms with Gasteiger partial charge >= 0.3 is 0 Å². The van der Waals surface area contributed by atoms with Gasteiger partial charge in [0.25, 0.3) is 11.8 Å². The maximum Gasteiger partial charge on any atom is 0.258 e. The van der Waals surface area contributed by atoms with Crippen LogP contribution in [0.5, 0.6) is 5.75 Å². The highest BCUT2D eigenvalue weighted by Gasteiger charge is 2.24. The second-order valence-corrected chi connectivity index (χ2v) is 7.83. The van der Waals surface area contributed by atoms with E-state index in [0.717, 1.165) is 62.4 Å². The molecular weight excluding hydrogens is 364 g/mol. The van der Waals surface area contributed by atoms with E-state index in [2.05, 4.69) is 19.2 Å². The molecule has 3 rings (SSSR count). The molecule has 5 nitrogen and oxygen atoms in total. The van der Waals surface area contributed by atoms with Gasteiger partial charge in [0.2, 0.25) is 0 Å². The Morgan fingerprint density at radius 2 is 1.66 bits per heavy atom. The fraction of sp³-hybridized carbons (Fsp3) is 0.500. The predicted molar refractivity (Wildman–Crippen MR) is 116 cm³/mol. The third-order valence-corrected chi connectivity index (χ3v) is 5.23. The first-order valence-corrected chi connectivity index (χ1v) is 10.9. The zero-order chi connectivity index (χ0) is 20.6. The summed E-state index contributed by atoms with van der Waals surface area (Å²) in [6.45, 7) is 5.67. The van der Waals surface area contributed by atoms with Gasteiger partial charge in [-0.05, 0) is 48.6 Å². The van der Waals surface area contributed by atoms with Crippen LogP contribution in [-0.4, -0.2) is 42.5 Å². The van der Waals surface area contributed by atoms with Gasteiger partial charge in [0.1, 0.15) is 5.75 Å². The number of rotatable bonds is 11. The van der Waals surface area contributed by atoms with Gasteiger partial charge in [-0.1, -0.05) is 51.0 Å². The van der Waals surface area contributed by atoms with Gasteiger partial charge in [-0.15, -0.1) is 0 Å². The summed E-state index contributed by atoms with van der Waals surface area (Å²) in [4.78, 5) is 27.4. The first kappa shape index (κ1) is 21.2. The topological polar surface area (TPSA) is 58.6 Å². The van der Waals surface area contributed by atoms with Crippen LogP contribution in [-0.2, 0) is 4.79 Å². The number of carbonyl (C=O) groups is 2. The van der Waals surface area contributed by atoms with Crippen LogP contribution in [0.4, 0.5) is 0 Å². The molecule has 0 radical (unpaired) electrons. The van der Waals surface area contributed by atoms with E-state index in [1.165, 1.54) is 0 Å². The molecule has 0 saturated heterocycles. The molecule has 0 unspecified atom stereocenters. The van der Waals surface area contributed by atoms with E-state index in [0.29, 0.717) is 17.4 Å². The lowest BCUT2D eigenvalue weighted by Gasteiger charge is -2.24. The molecule has 2 aromatic carbocycles. The minimum Gasteiger partial charge on any atom is -0.483 e. The minimum absolute atomic E-state index is 0.0183. The van der Waals surface area contributed by atoms with Gasteiger partial charge < -0.3 is 15.0 Å². The van der Waals surface area contributed by atoms with E-state index in [1.807, 2.05) is 41.3 Å². The van der Waals surface area contributed by atoms with Gasteiger partial charge in [0, 0.05) is 19.1 Å². The molecule has 5 heteroatoms. The molecule has 1 fully saturated rings. The highest BCUT2D eigenvalue weighted by molar-refractivity contribution is 6.01. The number of unbranched alkanes of at least 4 members (excludes halogenated alkanes) is 2. The van der Waals surface area contributed by atoms with Gasteiger partial charge in [-0.3, -0.25) is 9.59 Å². The largest absolute Gasteiger partial charge is 0.483 e. The van der Waals surface area contributed by atoms with E-state index in [4.69, 9.17) is 4.74 Å². The molecule has 0 aliphatic heterocycles. The van der Waals surface area contributed by atoms with Crippen molar-refractivity contribution in [3.05, 3.63) is 42.0 Å². The third kappa shape index (κ3) is 5.96. The third-order valence-electron chi connectivity index (χ3n) is 5.23. The zero-order valence-electron chi connectivity index (χ0n) is 17.6. The Morgan fingerprint density at radius 1 is 1.03 bits per heavy atom. The summed E-state index contributed by atoms with van der Waals surface area (Å²) in [5, 5.41) is 4.92. The number of carbonyl (C=O) groups excluding carboxylic acids is 2. The normalized spacial score (nSPS) is 13.3. The van der Waals surface area contributed by atoms with Gasteiger partial charge in [-0.2, -0.15) is 0 Å². The molecule has 2 amide bonds. The van der Waals surface area contributed by atoms with Crippen molar-refractivity contribution in [3.63, 3.8) is 0 Å². The second kappa shape index (κ2) is 10.3. The Bertz CT molecular complexity index is 837. The standard InChI is InChI=1S/C24H32N2O3/c1-3-5-13-26(14-6-4-2)24(28)21-15-18-9-7-8-10-19(18)16-22(21)29-17-23(27)25-20-11-12-20/h7-10,15-16,20H,3-6,11-14,17H2,1-2H3,(H,25,27). The van der Waals surface area contributed by atoms with Crippen molar-refractivity contribution in [2.24, 2.45) is 0 Å². The highest BCUT2D eigenvalue weighted by atomic mass is 16.5. The number of ether oxygens (including phenoxy) is 1. The van der Waals surface area contributed by atoms with Crippen molar-refractivity contribution in [1.29, 1.82) is 0 Å². The number of hydrogen-bond acceptors (Lipinski definition) is 3. The number of fused-ring (bicyclic) bond motifs is 1. The van der Waals surface area contributed by atoms with Gasteiger partial charge in [-0.25, -0.2) is 0 Å². The molecule has 156 valence electrons. The van der Waals surface area contributed by atoms with Crippen LogP contribution >= 0.6 is 0 Å². The summed E-state index contributed by atoms with van der Waals surface area (Å²) >= 11 is 0. The predicted octanol–water partition coefficient (Wildman–Crippen LogP) is 4.54. The Balaban J connectivity index is 1.85. The van der Waals surface area contributed by atoms with Crippen LogP contribution in [0.25, 0.3) is 10.8 Å². The smallest absolute Gasteiger partial charge is 0.258 e. The van der Waals surface area contributed by atoms with E-state index >= 15 is 0 Å². The van der Waals surface area contributed by atoms with E-state index in [9.17, 15) is 9.59 Å². The molecule has 0 aromatic heterocycles. The van der Waals surface area contributed by atoms with Gasteiger partial charge in [0.15, 0.2) is 6.61 Å². The Labute approximate surface area is 173 Å². The summed E-state index contributed by atoms with van der Waals surface area (Å²) in [5.74, 6) is 0.334. The maximum atomic E-state index is 13.4. The molecule has 0 heterocycles. The molecule has 0 spiro atoms. The highest BCUT2D eigenvalue weighted by Crippen LogP contribution is 2.28. The zero-order valence-corrected chi connectivity index (χ0v) is 17.6. The lowest BCUT2D eigenvalue weighted by Crippen LogP contribution is -2.34. The molecule has 1 aliphatic rings. The van der Waals surface area contributed by atoms with E-state index in [1.54, 1.807) is 0 Å².